The number of carbonyl (C=O) groups excluding carboxylic acids is 1. The monoisotopic (exact) mass is 344 g/mol. The van der Waals surface area contributed by atoms with Crippen molar-refractivity contribution in [2.24, 2.45) is 7.05 Å². The molecule has 1 aromatic heterocycles. The van der Waals surface area contributed by atoms with Gasteiger partial charge in [-0.2, -0.15) is 0 Å². The number of carbonyl (C=O) groups is 1. The summed E-state index contributed by atoms with van der Waals surface area (Å²) >= 11 is 1.45. The molecule has 1 heterocycles. The lowest BCUT2D eigenvalue weighted by Crippen LogP contribution is -2.35. The van der Waals surface area contributed by atoms with E-state index >= 15 is 0 Å². The summed E-state index contributed by atoms with van der Waals surface area (Å²) in [6, 6.07) is 9.77. The maximum Gasteiger partial charge on any atom is 0.251 e. The minimum Gasteiger partial charge on any atom is -0.353 e. The average Bonchev–Trinajstić information content (AvgIpc) is 2.85. The Labute approximate surface area is 146 Å². The van der Waals surface area contributed by atoms with Gasteiger partial charge in [0, 0.05) is 29.4 Å². The molecule has 1 fully saturated rings. The van der Waals surface area contributed by atoms with Crippen molar-refractivity contribution in [2.75, 3.05) is 5.75 Å². The van der Waals surface area contributed by atoms with Gasteiger partial charge >= 0.3 is 0 Å². The van der Waals surface area contributed by atoms with E-state index in [0.29, 0.717) is 11.8 Å². The van der Waals surface area contributed by atoms with Gasteiger partial charge in [-0.15, -0.1) is 11.8 Å². The van der Waals surface area contributed by atoms with E-state index in [4.69, 9.17) is 0 Å². The van der Waals surface area contributed by atoms with Crippen LogP contribution in [0.4, 0.5) is 0 Å². The van der Waals surface area contributed by atoms with E-state index < -0.39 is 0 Å². The predicted octanol–water partition coefficient (Wildman–Crippen LogP) is 3.47. The number of benzene rings is 1. The number of rotatable bonds is 4. The van der Waals surface area contributed by atoms with Crippen molar-refractivity contribution in [3.63, 3.8) is 0 Å². The molecule has 5 heteroatoms. The molecule has 3 rings (SSSR count). The smallest absolute Gasteiger partial charge is 0.251 e. The maximum atomic E-state index is 12.3. The first-order chi connectivity index (χ1) is 11.6. The lowest BCUT2D eigenvalue weighted by atomic mass is 10.1. The van der Waals surface area contributed by atoms with Crippen molar-refractivity contribution < 1.29 is 4.79 Å². The second-order valence-corrected chi connectivity index (χ2v) is 7.48. The largest absolute Gasteiger partial charge is 0.353 e. The molecule has 4 nitrogen and oxygen atoms in total. The summed E-state index contributed by atoms with van der Waals surface area (Å²) in [6.45, 7) is 0. The Morgan fingerprint density at radius 1 is 1.21 bits per heavy atom. The van der Waals surface area contributed by atoms with Gasteiger partial charge in [0.1, 0.15) is 0 Å². The third-order valence-corrected chi connectivity index (χ3v) is 5.75. The Balaban J connectivity index is 1.68. The molecule has 0 saturated heterocycles. The molecule has 0 unspecified atom stereocenters. The number of aromatic nitrogens is 1. The Kier molecular flexibility index (Phi) is 5.61. The summed E-state index contributed by atoms with van der Waals surface area (Å²) in [5.41, 5.74) is 0.858. The number of hydrogen-bond donors (Lipinski definition) is 1. The number of nitrogens with zero attached hydrogens (tertiary/aromatic N) is 1. The highest BCUT2D eigenvalue weighted by molar-refractivity contribution is 8.00. The molecule has 1 aliphatic rings. The van der Waals surface area contributed by atoms with Crippen LogP contribution < -0.4 is 10.9 Å². The predicted molar refractivity (Wildman–Crippen MR) is 99.5 cm³/mol. The molecule has 24 heavy (non-hydrogen) atoms. The number of pyridine rings is 1. The van der Waals surface area contributed by atoms with Crippen LogP contribution in [0.15, 0.2) is 40.0 Å². The van der Waals surface area contributed by atoms with Crippen molar-refractivity contribution in [1.29, 1.82) is 0 Å². The van der Waals surface area contributed by atoms with E-state index in [0.717, 1.165) is 28.6 Å². The molecule has 1 amide bonds. The second-order valence-electron chi connectivity index (χ2n) is 6.47. The second kappa shape index (κ2) is 7.88. The van der Waals surface area contributed by atoms with Crippen molar-refractivity contribution in [3.8, 4) is 0 Å². The molecule has 0 bridgehead atoms. The number of thioether (sulfide) groups is 1. The Morgan fingerprint density at radius 2 is 1.92 bits per heavy atom. The number of fused-ring (bicyclic) bond motifs is 1. The molecular weight excluding hydrogens is 320 g/mol. The van der Waals surface area contributed by atoms with Gasteiger partial charge in [-0.25, -0.2) is 0 Å². The molecule has 0 atom stereocenters. The van der Waals surface area contributed by atoms with Gasteiger partial charge in [0.05, 0.1) is 11.3 Å². The molecule has 1 aromatic carbocycles. The Hall–Kier alpha value is -1.75. The topological polar surface area (TPSA) is 51.1 Å². The van der Waals surface area contributed by atoms with E-state index in [1.54, 1.807) is 17.7 Å². The minimum atomic E-state index is -0.0413. The zero-order chi connectivity index (χ0) is 16.9. The highest BCUT2D eigenvalue weighted by Crippen LogP contribution is 2.26. The van der Waals surface area contributed by atoms with Crippen LogP contribution in [0.1, 0.15) is 38.5 Å². The molecule has 2 aromatic rings. The third kappa shape index (κ3) is 4.01. The van der Waals surface area contributed by atoms with Gasteiger partial charge in [0.25, 0.3) is 5.56 Å². The number of aryl methyl sites for hydroxylation is 1. The molecule has 1 aliphatic carbocycles. The molecule has 1 saturated carbocycles. The van der Waals surface area contributed by atoms with Gasteiger partial charge in [-0.1, -0.05) is 43.9 Å². The van der Waals surface area contributed by atoms with Crippen molar-refractivity contribution in [3.05, 3.63) is 40.7 Å². The fourth-order valence-electron chi connectivity index (χ4n) is 3.34. The maximum absolute atomic E-state index is 12.3. The zero-order valence-corrected chi connectivity index (χ0v) is 14.9. The number of hydrogen-bond acceptors (Lipinski definition) is 3. The van der Waals surface area contributed by atoms with E-state index in [1.165, 1.54) is 37.4 Å². The normalized spacial score (nSPS) is 16.0. The SMILES string of the molecule is Cn1c(=O)cc(SCC(=O)NC2CCCCCC2)c2ccccc21. The van der Waals surface area contributed by atoms with E-state index in [1.807, 2.05) is 24.3 Å². The van der Waals surface area contributed by atoms with E-state index in [9.17, 15) is 9.59 Å². The summed E-state index contributed by atoms with van der Waals surface area (Å²) < 4.78 is 1.64. The summed E-state index contributed by atoms with van der Waals surface area (Å²) in [5, 5.41) is 4.18. The highest BCUT2D eigenvalue weighted by Gasteiger charge is 2.15. The number of amides is 1. The van der Waals surface area contributed by atoms with Crippen molar-refractivity contribution >= 4 is 28.6 Å². The van der Waals surface area contributed by atoms with Gasteiger partial charge < -0.3 is 9.88 Å². The zero-order valence-electron chi connectivity index (χ0n) is 14.1. The summed E-state index contributed by atoms with van der Waals surface area (Å²) in [7, 11) is 1.78. The lowest BCUT2D eigenvalue weighted by Gasteiger charge is -2.16. The lowest BCUT2D eigenvalue weighted by molar-refractivity contribution is -0.119. The first-order valence-corrected chi connectivity index (χ1v) is 9.64. The van der Waals surface area contributed by atoms with Gasteiger partial charge in [-0.3, -0.25) is 9.59 Å². The molecule has 128 valence electrons. The fraction of sp³-hybridized carbons (Fsp3) is 0.474. The number of para-hydroxylation sites is 1. The average molecular weight is 344 g/mol. The Bertz CT molecular complexity index is 777. The van der Waals surface area contributed by atoms with E-state index in [-0.39, 0.29) is 11.5 Å². The van der Waals surface area contributed by atoms with Gasteiger partial charge in [0.2, 0.25) is 5.91 Å². The first kappa shape index (κ1) is 17.1. The number of nitrogens with one attached hydrogen (secondary N) is 1. The Morgan fingerprint density at radius 3 is 2.67 bits per heavy atom. The molecule has 1 N–H and O–H groups in total. The first-order valence-electron chi connectivity index (χ1n) is 8.66. The van der Waals surface area contributed by atoms with E-state index in [2.05, 4.69) is 5.32 Å². The van der Waals surface area contributed by atoms with Crippen molar-refractivity contribution in [1.82, 2.24) is 9.88 Å². The van der Waals surface area contributed by atoms with Crippen LogP contribution in [0.5, 0.6) is 0 Å². The molecular formula is C19H24N2O2S. The van der Waals surface area contributed by atoms with Crippen LogP contribution in [-0.4, -0.2) is 22.3 Å². The summed E-state index contributed by atoms with van der Waals surface area (Å²) in [6.07, 6.45) is 7.15. The van der Waals surface area contributed by atoms with Crippen LogP contribution in [0.2, 0.25) is 0 Å². The third-order valence-electron chi connectivity index (χ3n) is 4.70. The summed E-state index contributed by atoms with van der Waals surface area (Å²) in [4.78, 5) is 25.3. The molecule has 0 aliphatic heterocycles. The quantitative estimate of drug-likeness (QED) is 0.682. The van der Waals surface area contributed by atoms with Gasteiger partial charge in [-0.05, 0) is 18.9 Å². The van der Waals surface area contributed by atoms with Crippen LogP contribution in [-0.2, 0) is 11.8 Å². The fourth-order valence-corrected chi connectivity index (χ4v) is 4.22. The molecule has 0 radical (unpaired) electrons. The van der Waals surface area contributed by atoms with Gasteiger partial charge in [0.15, 0.2) is 0 Å². The standard InChI is InChI=1S/C19H24N2O2S/c1-21-16-11-7-6-10-15(16)17(12-19(21)23)24-13-18(22)20-14-8-4-2-3-5-9-14/h6-7,10-12,14H,2-5,8-9,13H2,1H3,(H,20,22). The van der Waals surface area contributed by atoms with Crippen LogP contribution in [0.3, 0.4) is 0 Å². The molecule has 0 spiro atoms. The van der Waals surface area contributed by atoms with Crippen LogP contribution >= 0.6 is 11.8 Å². The van der Waals surface area contributed by atoms with Crippen molar-refractivity contribution in [2.45, 2.75) is 49.5 Å². The van der Waals surface area contributed by atoms with Crippen LogP contribution in [0.25, 0.3) is 10.9 Å². The highest BCUT2D eigenvalue weighted by atomic mass is 32.2. The van der Waals surface area contributed by atoms with Crippen LogP contribution in [0, 0.1) is 0 Å². The summed E-state index contributed by atoms with van der Waals surface area (Å²) in [5.74, 6) is 0.421. The minimum absolute atomic E-state index is 0.0413.